The van der Waals surface area contributed by atoms with Crippen LogP contribution in [0.5, 0.6) is 5.75 Å². The lowest BCUT2D eigenvalue weighted by molar-refractivity contribution is -0.209. The second kappa shape index (κ2) is 7.68. The highest BCUT2D eigenvalue weighted by atomic mass is 35.5. The zero-order chi connectivity index (χ0) is 19.8. The normalized spacial score (nSPS) is 29.1. The minimum Gasteiger partial charge on any atom is -0.494 e. The quantitative estimate of drug-likeness (QED) is 0.759. The Morgan fingerprint density at radius 3 is 2.64 bits per heavy atom. The molecule has 0 aliphatic carbocycles. The van der Waals surface area contributed by atoms with Gasteiger partial charge in [0.05, 0.1) is 24.9 Å². The van der Waals surface area contributed by atoms with Gasteiger partial charge in [0.25, 0.3) is 0 Å². The van der Waals surface area contributed by atoms with Crippen molar-refractivity contribution < 1.29 is 19.7 Å². The minimum absolute atomic E-state index is 0.00586. The topological polar surface area (TPSA) is 58.9 Å². The van der Waals surface area contributed by atoms with Crippen LogP contribution in [0.25, 0.3) is 0 Å². The fourth-order valence-corrected chi connectivity index (χ4v) is 4.78. The molecule has 4 rings (SSSR count). The van der Waals surface area contributed by atoms with E-state index in [9.17, 15) is 10.2 Å². The summed E-state index contributed by atoms with van der Waals surface area (Å²) in [6.45, 7) is 2.61. The van der Waals surface area contributed by atoms with Gasteiger partial charge in [-0.1, -0.05) is 35.9 Å². The number of ether oxygens (including phenoxy) is 2. The van der Waals surface area contributed by atoms with Gasteiger partial charge in [0.15, 0.2) is 0 Å². The first-order valence-corrected chi connectivity index (χ1v) is 10.4. The Labute approximate surface area is 171 Å². The molecule has 2 aliphatic heterocycles. The molecular weight excluding hydrogens is 376 g/mol. The zero-order valence-corrected chi connectivity index (χ0v) is 16.9. The summed E-state index contributed by atoms with van der Waals surface area (Å²) >= 11 is 6.49. The molecule has 3 atom stereocenters. The predicted octanol–water partition coefficient (Wildman–Crippen LogP) is 4.22. The SMILES string of the molecule is CCOc1ccc(Cc2cc([C@@]34CC[C@@](CO)(CC[C@H]3O)O4)ccc2Cl)cc1. The largest absolute Gasteiger partial charge is 0.494 e. The minimum atomic E-state index is -0.751. The molecule has 2 saturated heterocycles. The molecule has 2 bridgehead atoms. The van der Waals surface area contributed by atoms with Crippen molar-refractivity contribution in [2.24, 2.45) is 0 Å². The van der Waals surface area contributed by atoms with Crippen LogP contribution >= 0.6 is 11.6 Å². The molecular formula is C23H27ClO4. The van der Waals surface area contributed by atoms with Crippen LogP contribution in [-0.2, 0) is 16.8 Å². The Kier molecular flexibility index (Phi) is 5.41. The van der Waals surface area contributed by atoms with Crippen molar-refractivity contribution in [2.45, 2.75) is 56.3 Å². The monoisotopic (exact) mass is 402 g/mol. The van der Waals surface area contributed by atoms with Gasteiger partial charge in [0.1, 0.15) is 11.4 Å². The Hall–Kier alpha value is -1.59. The molecule has 2 fully saturated rings. The second-order valence-electron chi connectivity index (χ2n) is 7.95. The van der Waals surface area contributed by atoms with E-state index >= 15 is 0 Å². The molecule has 5 heteroatoms. The van der Waals surface area contributed by atoms with Gasteiger partial charge in [-0.25, -0.2) is 0 Å². The predicted molar refractivity (Wildman–Crippen MR) is 109 cm³/mol. The van der Waals surface area contributed by atoms with Crippen LogP contribution in [0.15, 0.2) is 42.5 Å². The van der Waals surface area contributed by atoms with Crippen molar-refractivity contribution in [3.63, 3.8) is 0 Å². The molecule has 0 unspecified atom stereocenters. The van der Waals surface area contributed by atoms with Gasteiger partial charge in [0, 0.05) is 5.02 Å². The van der Waals surface area contributed by atoms with Gasteiger partial charge in [-0.2, -0.15) is 0 Å². The van der Waals surface area contributed by atoms with Crippen LogP contribution in [0.4, 0.5) is 0 Å². The second-order valence-corrected chi connectivity index (χ2v) is 8.35. The number of halogens is 1. The van der Waals surface area contributed by atoms with Crippen molar-refractivity contribution in [3.8, 4) is 5.75 Å². The number of aliphatic hydroxyl groups excluding tert-OH is 2. The number of benzene rings is 2. The standard InChI is InChI=1S/C23H27ClO4/c1-2-27-19-6-3-16(4-7-19)13-17-14-18(5-8-20(17)24)23-12-11-22(15-25,28-23)10-9-21(23)26/h3-8,14,21,25-26H,2,9-13,15H2,1H3/t21-,22-,23+/m1/s1. The third-order valence-electron chi connectivity index (χ3n) is 6.21. The zero-order valence-electron chi connectivity index (χ0n) is 16.2. The molecule has 2 aromatic rings. The number of hydrogen-bond donors (Lipinski definition) is 2. The fourth-order valence-electron chi connectivity index (χ4n) is 4.60. The molecule has 0 amide bonds. The average molecular weight is 403 g/mol. The van der Waals surface area contributed by atoms with E-state index in [0.29, 0.717) is 37.3 Å². The third kappa shape index (κ3) is 3.43. The Morgan fingerprint density at radius 2 is 1.93 bits per heavy atom. The van der Waals surface area contributed by atoms with E-state index in [0.717, 1.165) is 28.9 Å². The van der Waals surface area contributed by atoms with E-state index in [1.54, 1.807) is 0 Å². The smallest absolute Gasteiger partial charge is 0.120 e. The van der Waals surface area contributed by atoms with E-state index in [4.69, 9.17) is 21.1 Å². The average Bonchev–Trinajstić information content (AvgIpc) is 3.05. The molecule has 0 spiro atoms. The van der Waals surface area contributed by atoms with Crippen LogP contribution in [-0.4, -0.2) is 35.1 Å². The van der Waals surface area contributed by atoms with Gasteiger partial charge in [-0.05, 0) is 73.9 Å². The first-order valence-electron chi connectivity index (χ1n) is 10.00. The summed E-state index contributed by atoms with van der Waals surface area (Å²) in [7, 11) is 0. The Morgan fingerprint density at radius 1 is 1.14 bits per heavy atom. The van der Waals surface area contributed by atoms with Gasteiger partial charge < -0.3 is 19.7 Å². The number of fused-ring (bicyclic) bond motifs is 2. The van der Waals surface area contributed by atoms with E-state index in [2.05, 4.69) is 6.07 Å². The Bertz CT molecular complexity index is 837. The molecule has 2 aliphatic rings. The highest BCUT2D eigenvalue weighted by molar-refractivity contribution is 6.31. The van der Waals surface area contributed by atoms with E-state index in [1.807, 2.05) is 43.3 Å². The Balaban J connectivity index is 1.62. The fraction of sp³-hybridized carbons (Fsp3) is 0.478. The first-order chi connectivity index (χ1) is 13.5. The molecule has 4 nitrogen and oxygen atoms in total. The number of rotatable bonds is 6. The highest BCUT2D eigenvalue weighted by Gasteiger charge is 2.57. The van der Waals surface area contributed by atoms with E-state index < -0.39 is 17.3 Å². The lowest BCUT2D eigenvalue weighted by Gasteiger charge is -2.43. The number of hydrogen-bond acceptors (Lipinski definition) is 4. The van der Waals surface area contributed by atoms with Crippen LogP contribution in [0.2, 0.25) is 5.02 Å². The molecule has 2 N–H and O–H groups in total. The van der Waals surface area contributed by atoms with E-state index in [-0.39, 0.29) is 6.61 Å². The van der Waals surface area contributed by atoms with Crippen LogP contribution < -0.4 is 4.74 Å². The van der Waals surface area contributed by atoms with Crippen LogP contribution in [0, 0.1) is 0 Å². The summed E-state index contributed by atoms with van der Waals surface area (Å²) in [6, 6.07) is 13.9. The lowest BCUT2D eigenvalue weighted by atomic mass is 9.83. The van der Waals surface area contributed by atoms with Crippen LogP contribution in [0.1, 0.15) is 49.3 Å². The van der Waals surface area contributed by atoms with Gasteiger partial charge >= 0.3 is 0 Å². The summed E-state index contributed by atoms with van der Waals surface area (Å²) in [5.41, 5.74) is 1.81. The summed E-state index contributed by atoms with van der Waals surface area (Å²) in [4.78, 5) is 0. The first kappa shape index (κ1) is 19.7. The van der Waals surface area contributed by atoms with E-state index in [1.165, 1.54) is 0 Å². The summed E-state index contributed by atoms with van der Waals surface area (Å²) in [5, 5.41) is 21.3. The molecule has 0 radical (unpaired) electrons. The van der Waals surface area contributed by atoms with Crippen LogP contribution in [0.3, 0.4) is 0 Å². The van der Waals surface area contributed by atoms with Crippen molar-refractivity contribution in [3.05, 3.63) is 64.2 Å². The number of aliphatic hydroxyl groups is 2. The maximum atomic E-state index is 10.8. The molecule has 2 heterocycles. The van der Waals surface area contributed by atoms with Crippen molar-refractivity contribution in [1.82, 2.24) is 0 Å². The summed E-state index contributed by atoms with van der Waals surface area (Å²) in [5.74, 6) is 0.856. The van der Waals surface area contributed by atoms with Crippen molar-refractivity contribution in [2.75, 3.05) is 13.2 Å². The molecule has 2 aromatic carbocycles. The third-order valence-corrected chi connectivity index (χ3v) is 6.58. The maximum Gasteiger partial charge on any atom is 0.120 e. The molecule has 150 valence electrons. The molecule has 28 heavy (non-hydrogen) atoms. The van der Waals surface area contributed by atoms with Gasteiger partial charge in [0.2, 0.25) is 0 Å². The molecule has 0 saturated carbocycles. The van der Waals surface area contributed by atoms with Crippen molar-refractivity contribution in [1.29, 1.82) is 0 Å². The lowest BCUT2D eigenvalue weighted by Crippen LogP contribution is -2.49. The maximum absolute atomic E-state index is 10.8. The molecule has 0 aromatic heterocycles. The highest BCUT2D eigenvalue weighted by Crippen LogP contribution is 2.53. The summed E-state index contributed by atoms with van der Waals surface area (Å²) in [6.07, 6.45) is 2.91. The van der Waals surface area contributed by atoms with Crippen molar-refractivity contribution >= 4 is 11.6 Å². The summed E-state index contributed by atoms with van der Waals surface area (Å²) < 4.78 is 11.9. The van der Waals surface area contributed by atoms with Gasteiger partial charge in [-0.3, -0.25) is 0 Å². The van der Waals surface area contributed by atoms with Gasteiger partial charge in [-0.15, -0.1) is 0 Å².